The van der Waals surface area contributed by atoms with E-state index in [4.69, 9.17) is 5.73 Å². The molecule has 0 heterocycles. The van der Waals surface area contributed by atoms with Crippen LogP contribution >= 0.6 is 9.69 Å². The number of nitrogens with two attached hydrogens (primary N) is 1. The molecular weight excluding hydrogens is 603 g/mol. The third kappa shape index (κ3) is 8.15. The summed E-state index contributed by atoms with van der Waals surface area (Å²) < 4.78 is 28.6. The Bertz CT molecular complexity index is 1310. The van der Waals surface area contributed by atoms with Crippen LogP contribution in [-0.2, 0) is 27.3 Å². The molecule has 0 unspecified atom stereocenters. The van der Waals surface area contributed by atoms with Crippen LogP contribution in [0.2, 0.25) is 0 Å². The van der Waals surface area contributed by atoms with Crippen molar-refractivity contribution >= 4 is 19.7 Å². The Labute approximate surface area is 242 Å². The summed E-state index contributed by atoms with van der Waals surface area (Å²) in [6.07, 6.45) is 0. The first-order valence-electron chi connectivity index (χ1n) is 12.3. The molecular formula is C31H37ClN2O2RhS+. The number of hydrogen-bond donors (Lipinski definition) is 2. The Balaban J connectivity index is 0.000000353. The minimum atomic E-state index is -3.71. The number of benzene rings is 3. The fraction of sp³-hybridized carbons (Fsp3) is 0.258. The molecule has 4 nitrogen and oxygen atoms in total. The van der Waals surface area contributed by atoms with Gasteiger partial charge < -0.3 is 5.73 Å². The molecule has 0 aliphatic rings. The van der Waals surface area contributed by atoms with Crippen molar-refractivity contribution in [2.45, 2.75) is 58.5 Å². The molecule has 0 aromatic heterocycles. The van der Waals surface area contributed by atoms with Crippen LogP contribution in [0.15, 0.2) is 89.8 Å². The van der Waals surface area contributed by atoms with Gasteiger partial charge in [-0.05, 0) is 30.2 Å². The van der Waals surface area contributed by atoms with Crippen molar-refractivity contribution in [2.24, 2.45) is 5.73 Å². The van der Waals surface area contributed by atoms with Gasteiger partial charge in [0.1, 0.15) is 0 Å². The molecule has 2 atom stereocenters. The second-order valence-corrected chi connectivity index (χ2v) is 11.1. The molecule has 3 N–H and O–H groups in total. The van der Waals surface area contributed by atoms with Crippen molar-refractivity contribution in [2.75, 3.05) is 0 Å². The average molecular weight is 640 g/mol. The van der Waals surface area contributed by atoms with Crippen LogP contribution in [0.1, 0.15) is 56.6 Å². The number of rotatable bonds is 6. The fourth-order valence-corrected chi connectivity index (χ4v) is 5.48. The monoisotopic (exact) mass is 639 g/mol. The second-order valence-electron chi connectivity index (χ2n) is 9.38. The first kappa shape index (κ1) is 32.0. The van der Waals surface area contributed by atoms with E-state index in [0.29, 0.717) is 0 Å². The third-order valence-electron chi connectivity index (χ3n) is 7.13. The zero-order valence-corrected chi connectivity index (χ0v) is 26.0. The number of nitrogens with one attached hydrogen (secondary N) is 1. The van der Waals surface area contributed by atoms with E-state index in [2.05, 4.69) is 49.0 Å². The molecule has 0 radical (unpaired) electrons. The number of halogens is 1. The Morgan fingerprint density at radius 1 is 0.737 bits per heavy atom. The number of sulfonamides is 1. The summed E-state index contributed by atoms with van der Waals surface area (Å²) in [7, 11) is 0.821. The molecule has 4 aromatic carbocycles. The van der Waals surface area contributed by atoms with E-state index in [-0.39, 0.29) is 4.90 Å². The van der Waals surface area contributed by atoms with Gasteiger partial charge in [0, 0.05) is 0 Å². The van der Waals surface area contributed by atoms with Gasteiger partial charge in [0.05, 0.1) is 17.0 Å². The first-order valence-corrected chi connectivity index (χ1v) is 15.9. The third-order valence-corrected chi connectivity index (χ3v) is 8.59. The molecule has 0 saturated carbocycles. The van der Waals surface area contributed by atoms with Crippen molar-refractivity contribution in [3.63, 3.8) is 0 Å². The van der Waals surface area contributed by atoms with Crippen LogP contribution in [-0.4, -0.2) is 8.42 Å². The molecule has 0 aliphatic heterocycles. The standard InChI is InChI=1S/C21H22N2O2S.C10H15.ClH.Rh/c1-16-12-14-19(15-13-16)26(24,25)23-21(18-10-6-3-7-11-18)20(22)17-8-4-2-5-9-17;1-6-7(2)9(4)10(5)8(6)3;;/h2-15,20-21,23H,22H2,1H3;1-5H3;1H;/q;-1;;+3/p-1/t20-,21-;;;/m1.../s1. The maximum atomic E-state index is 12.9. The first-order chi connectivity index (χ1) is 18.0. The Morgan fingerprint density at radius 3 is 1.55 bits per heavy atom. The molecule has 0 bridgehead atoms. The molecule has 38 heavy (non-hydrogen) atoms. The van der Waals surface area contributed by atoms with Crippen LogP contribution < -0.4 is 10.5 Å². The molecule has 7 heteroatoms. The van der Waals surface area contributed by atoms with Crippen molar-refractivity contribution in [1.29, 1.82) is 0 Å². The van der Waals surface area contributed by atoms with Crippen LogP contribution in [0.3, 0.4) is 0 Å². The normalized spacial score (nSPS) is 12.4. The van der Waals surface area contributed by atoms with Crippen molar-refractivity contribution in [3.8, 4) is 0 Å². The summed E-state index contributed by atoms with van der Waals surface area (Å²) >= 11 is 2.02. The van der Waals surface area contributed by atoms with Crippen molar-refractivity contribution in [3.05, 3.63) is 129 Å². The van der Waals surface area contributed by atoms with E-state index in [1.165, 1.54) is 27.8 Å². The predicted molar refractivity (Wildman–Crippen MR) is 156 cm³/mol. The van der Waals surface area contributed by atoms with Gasteiger partial charge in [0.15, 0.2) is 0 Å². The van der Waals surface area contributed by atoms with Crippen LogP contribution in [0.5, 0.6) is 0 Å². The van der Waals surface area contributed by atoms with Gasteiger partial charge in [-0.15, -0.1) is 0 Å². The molecule has 0 fully saturated rings. The SMILES string of the molecule is Cc1c(C)c(C)[c-](C)c1C.Cc1ccc(S(=O)(=O)N[C@H](c2ccccc2)[C@H](N)c2ccccc2)cc1.[Cl][Rh+2]. The molecule has 0 saturated heterocycles. The Hall–Kier alpha value is -2.21. The molecule has 4 aromatic rings. The summed E-state index contributed by atoms with van der Waals surface area (Å²) in [6.45, 7) is 12.9. The van der Waals surface area contributed by atoms with Gasteiger partial charge in [-0.2, -0.15) is 27.8 Å². The molecule has 0 spiro atoms. The number of aryl methyl sites for hydroxylation is 1. The fourth-order valence-electron chi connectivity index (χ4n) is 4.24. The Kier molecular flexibility index (Phi) is 12.5. The van der Waals surface area contributed by atoms with E-state index in [9.17, 15) is 8.42 Å². The average Bonchev–Trinajstić information content (AvgIpc) is 3.11. The summed E-state index contributed by atoms with van der Waals surface area (Å²) in [4.78, 5) is 0.226. The molecule has 204 valence electrons. The van der Waals surface area contributed by atoms with Crippen molar-refractivity contribution < 1.29 is 25.7 Å². The minimum absolute atomic E-state index is 0.226. The van der Waals surface area contributed by atoms with Crippen LogP contribution in [0.25, 0.3) is 0 Å². The summed E-state index contributed by atoms with van der Waals surface area (Å²) in [5.41, 5.74) is 16.5. The summed E-state index contributed by atoms with van der Waals surface area (Å²) in [6, 6.07) is 24.6. The van der Waals surface area contributed by atoms with Crippen LogP contribution in [0, 0.1) is 41.5 Å². The van der Waals surface area contributed by atoms with Gasteiger partial charge >= 0.3 is 27.0 Å². The van der Waals surface area contributed by atoms with E-state index in [0.717, 1.165) is 16.7 Å². The van der Waals surface area contributed by atoms with Gasteiger partial charge in [0.25, 0.3) is 0 Å². The van der Waals surface area contributed by atoms with Gasteiger partial charge in [-0.3, -0.25) is 0 Å². The molecule has 0 aliphatic carbocycles. The van der Waals surface area contributed by atoms with Crippen molar-refractivity contribution in [1.82, 2.24) is 4.72 Å². The molecule has 0 amide bonds. The van der Waals surface area contributed by atoms with E-state index >= 15 is 0 Å². The molecule has 4 rings (SSSR count). The van der Waals surface area contributed by atoms with E-state index in [1.807, 2.05) is 84.9 Å². The maximum absolute atomic E-state index is 12.9. The van der Waals surface area contributed by atoms with Gasteiger partial charge in [-0.25, -0.2) is 13.1 Å². The van der Waals surface area contributed by atoms with Gasteiger partial charge in [0.2, 0.25) is 10.0 Å². The van der Waals surface area contributed by atoms with Crippen LogP contribution in [0.4, 0.5) is 0 Å². The van der Waals surface area contributed by atoms with E-state index in [1.54, 1.807) is 24.3 Å². The van der Waals surface area contributed by atoms with Gasteiger partial charge in [-0.1, -0.05) is 113 Å². The quantitative estimate of drug-likeness (QED) is 0.171. The zero-order chi connectivity index (χ0) is 28.5. The van der Waals surface area contributed by atoms with E-state index < -0.39 is 22.1 Å². The summed E-state index contributed by atoms with van der Waals surface area (Å²) in [5.74, 6) is 0. The number of hydrogen-bond acceptors (Lipinski definition) is 3. The zero-order valence-electron chi connectivity index (χ0n) is 22.8. The summed E-state index contributed by atoms with van der Waals surface area (Å²) in [5, 5.41) is 0. The predicted octanol–water partition coefficient (Wildman–Crippen LogP) is 7.35. The topological polar surface area (TPSA) is 72.2 Å². The second kappa shape index (κ2) is 14.8. The Morgan fingerprint density at radius 2 is 1.16 bits per heavy atom.